The van der Waals surface area contributed by atoms with Crippen LogP contribution in [0.1, 0.15) is 36.2 Å². The smallest absolute Gasteiger partial charge is 0.325 e. The number of carbonyl (C=O) groups is 2. The molecular weight excluding hydrogens is 280 g/mol. The van der Waals surface area contributed by atoms with E-state index in [1.165, 1.54) is 7.11 Å². The molecular formula is C14H19ClN2O3. The molecule has 1 aliphatic carbocycles. The first kappa shape index (κ1) is 14.9. The zero-order chi connectivity index (χ0) is 14.7. The number of amides is 1. The van der Waals surface area contributed by atoms with Crippen molar-refractivity contribution in [2.24, 2.45) is 7.05 Å². The number of methoxy groups -OCH3 is 1. The first-order valence-corrected chi connectivity index (χ1v) is 7.10. The van der Waals surface area contributed by atoms with Crippen LogP contribution in [0.3, 0.4) is 0 Å². The molecule has 1 aromatic heterocycles. The van der Waals surface area contributed by atoms with E-state index < -0.39 is 5.97 Å². The summed E-state index contributed by atoms with van der Waals surface area (Å²) in [5.41, 5.74) is 0.491. The molecule has 0 atom stereocenters. The highest BCUT2D eigenvalue weighted by atomic mass is 35.5. The Morgan fingerprint density at radius 2 is 2.10 bits per heavy atom. The highest BCUT2D eigenvalue weighted by Gasteiger charge is 2.30. The Labute approximate surface area is 123 Å². The Bertz CT molecular complexity index is 507. The summed E-state index contributed by atoms with van der Waals surface area (Å²) in [7, 11) is 3.10. The SMILES string of the molecule is COC(=O)CN(C(=O)c1cc(Cl)cn1C)C1CCCC1. The number of ether oxygens (including phenoxy) is 1. The largest absolute Gasteiger partial charge is 0.468 e. The second kappa shape index (κ2) is 6.31. The van der Waals surface area contributed by atoms with Gasteiger partial charge in [-0.15, -0.1) is 0 Å². The third kappa shape index (κ3) is 3.15. The van der Waals surface area contributed by atoms with Gasteiger partial charge in [-0.3, -0.25) is 9.59 Å². The predicted octanol–water partition coefficient (Wildman–Crippen LogP) is 2.24. The van der Waals surface area contributed by atoms with Gasteiger partial charge in [0.1, 0.15) is 12.2 Å². The molecule has 2 rings (SSSR count). The lowest BCUT2D eigenvalue weighted by molar-refractivity contribution is -0.141. The molecule has 1 aromatic rings. The highest BCUT2D eigenvalue weighted by molar-refractivity contribution is 6.31. The minimum atomic E-state index is -0.398. The summed E-state index contributed by atoms with van der Waals surface area (Å²) in [4.78, 5) is 25.8. The molecule has 1 fully saturated rings. The van der Waals surface area contributed by atoms with Gasteiger partial charge >= 0.3 is 5.97 Å². The van der Waals surface area contributed by atoms with Crippen molar-refractivity contribution in [3.05, 3.63) is 23.0 Å². The number of esters is 1. The number of aromatic nitrogens is 1. The number of carbonyl (C=O) groups excluding carboxylic acids is 2. The van der Waals surface area contributed by atoms with E-state index >= 15 is 0 Å². The van der Waals surface area contributed by atoms with Crippen molar-refractivity contribution < 1.29 is 14.3 Å². The minimum Gasteiger partial charge on any atom is -0.468 e. The molecule has 110 valence electrons. The van der Waals surface area contributed by atoms with Gasteiger partial charge in [0, 0.05) is 19.3 Å². The fourth-order valence-electron chi connectivity index (χ4n) is 2.67. The van der Waals surface area contributed by atoms with Crippen molar-refractivity contribution in [2.75, 3.05) is 13.7 Å². The normalized spacial score (nSPS) is 15.3. The van der Waals surface area contributed by atoms with Crippen LogP contribution in [-0.2, 0) is 16.6 Å². The van der Waals surface area contributed by atoms with Crippen molar-refractivity contribution in [3.63, 3.8) is 0 Å². The van der Waals surface area contributed by atoms with Crippen molar-refractivity contribution in [2.45, 2.75) is 31.7 Å². The third-order valence-corrected chi connectivity index (χ3v) is 3.95. The highest BCUT2D eigenvalue weighted by Crippen LogP contribution is 2.25. The second-order valence-corrected chi connectivity index (χ2v) is 5.54. The van der Waals surface area contributed by atoms with Gasteiger partial charge in [-0.05, 0) is 18.9 Å². The molecule has 0 saturated heterocycles. The maximum absolute atomic E-state index is 12.7. The Morgan fingerprint density at radius 1 is 1.45 bits per heavy atom. The van der Waals surface area contributed by atoms with Gasteiger partial charge in [0.15, 0.2) is 0 Å². The fourth-order valence-corrected chi connectivity index (χ4v) is 2.92. The summed E-state index contributed by atoms with van der Waals surface area (Å²) in [5, 5.41) is 0.514. The van der Waals surface area contributed by atoms with E-state index in [-0.39, 0.29) is 18.5 Å². The third-order valence-electron chi connectivity index (χ3n) is 3.74. The van der Waals surface area contributed by atoms with E-state index in [4.69, 9.17) is 16.3 Å². The van der Waals surface area contributed by atoms with E-state index in [0.29, 0.717) is 10.7 Å². The Balaban J connectivity index is 2.22. The van der Waals surface area contributed by atoms with E-state index in [0.717, 1.165) is 25.7 Å². The monoisotopic (exact) mass is 298 g/mol. The van der Waals surface area contributed by atoms with Crippen LogP contribution in [0.15, 0.2) is 12.3 Å². The molecule has 0 spiro atoms. The maximum atomic E-state index is 12.7. The van der Waals surface area contributed by atoms with E-state index in [1.54, 1.807) is 28.8 Å². The molecule has 5 nitrogen and oxygen atoms in total. The standard InChI is InChI=1S/C14H19ClN2O3/c1-16-8-10(15)7-12(16)14(19)17(9-13(18)20-2)11-5-3-4-6-11/h7-8,11H,3-6,9H2,1-2H3. The summed E-state index contributed by atoms with van der Waals surface area (Å²) >= 11 is 5.92. The average Bonchev–Trinajstić information content (AvgIpc) is 3.04. The van der Waals surface area contributed by atoms with E-state index in [9.17, 15) is 9.59 Å². The zero-order valence-corrected chi connectivity index (χ0v) is 12.5. The van der Waals surface area contributed by atoms with Crippen LogP contribution in [0.4, 0.5) is 0 Å². The average molecular weight is 299 g/mol. The van der Waals surface area contributed by atoms with Crippen LogP contribution < -0.4 is 0 Å². The van der Waals surface area contributed by atoms with Crippen molar-refractivity contribution in [1.82, 2.24) is 9.47 Å². The van der Waals surface area contributed by atoms with Gasteiger partial charge in [0.05, 0.1) is 12.1 Å². The zero-order valence-electron chi connectivity index (χ0n) is 11.8. The fraction of sp³-hybridized carbons (Fsp3) is 0.571. The van der Waals surface area contributed by atoms with E-state index in [1.807, 2.05) is 0 Å². The molecule has 0 aromatic carbocycles. The molecule has 0 aliphatic heterocycles. The summed E-state index contributed by atoms with van der Waals surface area (Å²) in [6, 6.07) is 1.73. The summed E-state index contributed by atoms with van der Waals surface area (Å²) in [6.07, 6.45) is 5.72. The lowest BCUT2D eigenvalue weighted by atomic mass is 10.2. The summed E-state index contributed by atoms with van der Waals surface area (Å²) in [6.45, 7) is -0.0111. The first-order valence-electron chi connectivity index (χ1n) is 6.72. The van der Waals surface area contributed by atoms with Gasteiger partial charge in [0.25, 0.3) is 5.91 Å². The van der Waals surface area contributed by atoms with Crippen LogP contribution >= 0.6 is 11.6 Å². The number of rotatable bonds is 4. The van der Waals surface area contributed by atoms with Gasteiger partial charge < -0.3 is 14.2 Å². The minimum absolute atomic E-state index is 0.0111. The quantitative estimate of drug-likeness (QED) is 0.801. The van der Waals surface area contributed by atoms with Crippen molar-refractivity contribution in [1.29, 1.82) is 0 Å². The van der Waals surface area contributed by atoms with Crippen LogP contribution in [0, 0.1) is 0 Å². The molecule has 20 heavy (non-hydrogen) atoms. The molecule has 0 radical (unpaired) electrons. The molecule has 1 amide bonds. The van der Waals surface area contributed by atoms with E-state index in [2.05, 4.69) is 0 Å². The van der Waals surface area contributed by atoms with Crippen molar-refractivity contribution >= 4 is 23.5 Å². The van der Waals surface area contributed by atoms with Gasteiger partial charge in [-0.25, -0.2) is 0 Å². The van der Waals surface area contributed by atoms with Gasteiger partial charge in [-0.1, -0.05) is 24.4 Å². The second-order valence-electron chi connectivity index (χ2n) is 5.10. The Hall–Kier alpha value is -1.49. The number of nitrogens with zero attached hydrogens (tertiary/aromatic N) is 2. The molecule has 0 bridgehead atoms. The summed E-state index contributed by atoms with van der Waals surface area (Å²) in [5.74, 6) is -0.567. The van der Waals surface area contributed by atoms with Crippen LogP contribution in [0.2, 0.25) is 5.02 Å². The first-order chi connectivity index (χ1) is 9.52. The molecule has 0 unspecified atom stereocenters. The molecule has 1 heterocycles. The number of hydrogen-bond acceptors (Lipinski definition) is 3. The molecule has 1 saturated carbocycles. The van der Waals surface area contributed by atoms with Gasteiger partial charge in [0.2, 0.25) is 0 Å². The maximum Gasteiger partial charge on any atom is 0.325 e. The molecule has 1 aliphatic rings. The molecule has 0 N–H and O–H groups in total. The van der Waals surface area contributed by atoms with Crippen LogP contribution in [0.25, 0.3) is 0 Å². The van der Waals surface area contributed by atoms with Crippen LogP contribution in [-0.4, -0.2) is 41.0 Å². The van der Waals surface area contributed by atoms with Crippen LogP contribution in [0.5, 0.6) is 0 Å². The lowest BCUT2D eigenvalue weighted by Gasteiger charge is -2.28. The molecule has 6 heteroatoms. The predicted molar refractivity (Wildman–Crippen MR) is 75.7 cm³/mol. The number of hydrogen-bond donors (Lipinski definition) is 0. The topological polar surface area (TPSA) is 51.5 Å². The Kier molecular flexibility index (Phi) is 4.70. The Morgan fingerprint density at radius 3 is 2.60 bits per heavy atom. The van der Waals surface area contributed by atoms with Crippen molar-refractivity contribution in [3.8, 4) is 0 Å². The summed E-state index contributed by atoms with van der Waals surface area (Å²) < 4.78 is 6.38. The number of aryl methyl sites for hydroxylation is 1. The lowest BCUT2D eigenvalue weighted by Crippen LogP contribution is -2.43. The van der Waals surface area contributed by atoms with Gasteiger partial charge in [-0.2, -0.15) is 0 Å². The number of halogens is 1.